The number of esters is 1. The zero-order valence-electron chi connectivity index (χ0n) is 13.6. The molecule has 1 rings (SSSR count). The van der Waals surface area contributed by atoms with Gasteiger partial charge in [0, 0.05) is 5.69 Å². The van der Waals surface area contributed by atoms with Gasteiger partial charge in [-0.05, 0) is 39.8 Å². The van der Waals surface area contributed by atoms with E-state index in [4.69, 9.17) is 10.5 Å². The van der Waals surface area contributed by atoms with Gasteiger partial charge in [-0.2, -0.15) is 0 Å². The fourth-order valence-corrected chi connectivity index (χ4v) is 1.18. The van der Waals surface area contributed by atoms with Gasteiger partial charge >= 0.3 is 5.97 Å². The van der Waals surface area contributed by atoms with Crippen LogP contribution in [0.4, 0.5) is 5.69 Å². The molecule has 19 heavy (non-hydrogen) atoms. The SMILES string of the molecule is CC.CC.Cc1ccc(N)c(C(=O)OC(C)(C)C)c1. The van der Waals surface area contributed by atoms with Gasteiger partial charge in [0.15, 0.2) is 0 Å². The van der Waals surface area contributed by atoms with Crippen LogP contribution in [0.2, 0.25) is 0 Å². The fraction of sp³-hybridized carbons (Fsp3) is 0.562. The summed E-state index contributed by atoms with van der Waals surface area (Å²) < 4.78 is 5.24. The molecule has 0 saturated heterocycles. The van der Waals surface area contributed by atoms with Crippen LogP contribution in [-0.2, 0) is 4.74 Å². The van der Waals surface area contributed by atoms with Crippen molar-refractivity contribution >= 4 is 11.7 Å². The molecule has 1 aromatic rings. The number of hydrogen-bond acceptors (Lipinski definition) is 3. The maximum Gasteiger partial charge on any atom is 0.340 e. The van der Waals surface area contributed by atoms with Crippen LogP contribution >= 0.6 is 0 Å². The van der Waals surface area contributed by atoms with Gasteiger partial charge in [0.25, 0.3) is 0 Å². The highest BCUT2D eigenvalue weighted by Crippen LogP contribution is 2.18. The van der Waals surface area contributed by atoms with Crippen LogP contribution in [-0.4, -0.2) is 11.6 Å². The van der Waals surface area contributed by atoms with E-state index in [0.29, 0.717) is 11.3 Å². The minimum Gasteiger partial charge on any atom is -0.456 e. The molecule has 0 aliphatic carbocycles. The summed E-state index contributed by atoms with van der Waals surface area (Å²) in [6.45, 7) is 15.4. The lowest BCUT2D eigenvalue weighted by Gasteiger charge is -2.20. The van der Waals surface area contributed by atoms with E-state index >= 15 is 0 Å². The third-order valence-electron chi connectivity index (χ3n) is 1.83. The van der Waals surface area contributed by atoms with Crippen molar-refractivity contribution in [2.75, 3.05) is 5.73 Å². The number of aryl methyl sites for hydroxylation is 1. The van der Waals surface area contributed by atoms with Gasteiger partial charge in [-0.25, -0.2) is 4.79 Å². The van der Waals surface area contributed by atoms with E-state index in [1.54, 1.807) is 12.1 Å². The molecule has 3 heteroatoms. The third kappa shape index (κ3) is 8.25. The molecule has 2 N–H and O–H groups in total. The van der Waals surface area contributed by atoms with E-state index in [9.17, 15) is 4.79 Å². The van der Waals surface area contributed by atoms with Crippen molar-refractivity contribution in [3.63, 3.8) is 0 Å². The van der Waals surface area contributed by atoms with Crippen molar-refractivity contribution in [3.05, 3.63) is 29.3 Å². The van der Waals surface area contributed by atoms with Crippen LogP contribution in [0.3, 0.4) is 0 Å². The summed E-state index contributed by atoms with van der Waals surface area (Å²) in [5.74, 6) is -0.372. The van der Waals surface area contributed by atoms with Crippen molar-refractivity contribution in [2.24, 2.45) is 0 Å². The Balaban J connectivity index is 0. The topological polar surface area (TPSA) is 52.3 Å². The number of anilines is 1. The summed E-state index contributed by atoms with van der Waals surface area (Å²) in [5.41, 5.74) is 7.10. The molecule has 0 aliphatic rings. The van der Waals surface area contributed by atoms with Crippen molar-refractivity contribution in [1.82, 2.24) is 0 Å². The van der Waals surface area contributed by atoms with Gasteiger partial charge in [0.05, 0.1) is 5.56 Å². The maximum atomic E-state index is 11.7. The summed E-state index contributed by atoms with van der Waals surface area (Å²) in [5, 5.41) is 0. The van der Waals surface area contributed by atoms with Crippen LogP contribution in [0.15, 0.2) is 18.2 Å². The first-order chi connectivity index (χ1) is 8.79. The average Bonchev–Trinajstić information content (AvgIpc) is 2.35. The largest absolute Gasteiger partial charge is 0.456 e. The number of nitrogens with two attached hydrogens (primary N) is 1. The normalized spacial score (nSPS) is 9.47. The van der Waals surface area contributed by atoms with E-state index in [-0.39, 0.29) is 5.97 Å². The smallest absolute Gasteiger partial charge is 0.340 e. The van der Waals surface area contributed by atoms with Gasteiger partial charge in [0.2, 0.25) is 0 Å². The second-order valence-electron chi connectivity index (χ2n) is 4.59. The molecule has 0 fully saturated rings. The average molecular weight is 267 g/mol. The standard InChI is InChI=1S/C12H17NO2.2C2H6/c1-8-5-6-10(13)9(7-8)11(14)15-12(2,3)4;2*1-2/h5-7H,13H2,1-4H3;2*1-2H3. The number of hydrogen-bond donors (Lipinski definition) is 1. The first-order valence-electron chi connectivity index (χ1n) is 6.89. The van der Waals surface area contributed by atoms with Crippen molar-refractivity contribution < 1.29 is 9.53 Å². The summed E-state index contributed by atoms with van der Waals surface area (Å²) in [6, 6.07) is 5.32. The molecule has 110 valence electrons. The maximum absolute atomic E-state index is 11.7. The lowest BCUT2D eigenvalue weighted by atomic mass is 10.1. The number of nitrogen functional groups attached to an aromatic ring is 1. The van der Waals surface area contributed by atoms with Gasteiger partial charge in [-0.3, -0.25) is 0 Å². The predicted octanol–water partition coefficient (Wildman–Crippen LogP) is 4.58. The third-order valence-corrected chi connectivity index (χ3v) is 1.83. The fourth-order valence-electron chi connectivity index (χ4n) is 1.18. The van der Waals surface area contributed by atoms with Crippen molar-refractivity contribution in [2.45, 2.75) is 61.0 Å². The van der Waals surface area contributed by atoms with Crippen LogP contribution < -0.4 is 5.73 Å². The molecule has 0 amide bonds. The Kier molecular flexibility index (Phi) is 9.83. The zero-order chi connectivity index (χ0) is 15.6. The summed E-state index contributed by atoms with van der Waals surface area (Å²) in [6.07, 6.45) is 0. The Morgan fingerprint density at radius 2 is 1.58 bits per heavy atom. The highest BCUT2D eigenvalue weighted by molar-refractivity contribution is 5.95. The van der Waals surface area contributed by atoms with Crippen LogP contribution in [0, 0.1) is 6.92 Å². The Labute approximate surface area is 118 Å². The molecular formula is C16H29NO2. The van der Waals surface area contributed by atoms with E-state index in [1.165, 1.54) is 0 Å². The molecule has 0 spiro atoms. The molecule has 0 saturated carbocycles. The zero-order valence-corrected chi connectivity index (χ0v) is 13.6. The van der Waals surface area contributed by atoms with Crippen LogP contribution in [0.25, 0.3) is 0 Å². The number of benzene rings is 1. The summed E-state index contributed by atoms with van der Waals surface area (Å²) in [4.78, 5) is 11.7. The molecule has 0 bridgehead atoms. The molecule has 0 atom stereocenters. The van der Waals surface area contributed by atoms with Gasteiger partial charge < -0.3 is 10.5 Å². The van der Waals surface area contributed by atoms with Crippen LogP contribution in [0.1, 0.15) is 64.4 Å². The lowest BCUT2D eigenvalue weighted by molar-refractivity contribution is 0.00707. The molecule has 1 aromatic carbocycles. The van der Waals surface area contributed by atoms with Crippen molar-refractivity contribution in [1.29, 1.82) is 0 Å². The van der Waals surface area contributed by atoms with E-state index in [1.807, 2.05) is 61.5 Å². The monoisotopic (exact) mass is 267 g/mol. The first-order valence-corrected chi connectivity index (χ1v) is 6.89. The number of carbonyl (C=O) groups is 1. The molecule has 3 nitrogen and oxygen atoms in total. The Morgan fingerprint density at radius 1 is 1.11 bits per heavy atom. The second kappa shape index (κ2) is 9.42. The summed E-state index contributed by atoms with van der Waals surface area (Å²) in [7, 11) is 0. The second-order valence-corrected chi connectivity index (χ2v) is 4.59. The molecule has 0 radical (unpaired) electrons. The molecule has 0 heterocycles. The Hall–Kier alpha value is -1.51. The molecular weight excluding hydrogens is 238 g/mol. The Bertz CT molecular complexity index is 379. The number of ether oxygens (including phenoxy) is 1. The van der Waals surface area contributed by atoms with Crippen molar-refractivity contribution in [3.8, 4) is 0 Å². The van der Waals surface area contributed by atoms with E-state index < -0.39 is 5.60 Å². The highest BCUT2D eigenvalue weighted by Gasteiger charge is 2.19. The highest BCUT2D eigenvalue weighted by atomic mass is 16.6. The quantitative estimate of drug-likeness (QED) is 0.598. The molecule has 0 unspecified atom stereocenters. The Morgan fingerprint density at radius 3 is 2.00 bits per heavy atom. The number of rotatable bonds is 1. The van der Waals surface area contributed by atoms with E-state index in [0.717, 1.165) is 5.56 Å². The molecule has 0 aromatic heterocycles. The van der Waals surface area contributed by atoms with E-state index in [2.05, 4.69) is 0 Å². The predicted molar refractivity (Wildman–Crippen MR) is 83.5 cm³/mol. The summed E-state index contributed by atoms with van der Waals surface area (Å²) >= 11 is 0. The number of carbonyl (C=O) groups excluding carboxylic acids is 1. The minimum atomic E-state index is -0.493. The van der Waals surface area contributed by atoms with Gasteiger partial charge in [0.1, 0.15) is 5.60 Å². The van der Waals surface area contributed by atoms with Gasteiger partial charge in [-0.1, -0.05) is 39.3 Å². The van der Waals surface area contributed by atoms with Crippen LogP contribution in [0.5, 0.6) is 0 Å². The van der Waals surface area contributed by atoms with Gasteiger partial charge in [-0.15, -0.1) is 0 Å². The minimum absolute atomic E-state index is 0.372. The molecule has 0 aliphatic heterocycles. The first kappa shape index (κ1) is 19.8. The lowest BCUT2D eigenvalue weighted by Crippen LogP contribution is -2.24.